The van der Waals surface area contributed by atoms with Gasteiger partial charge in [0.2, 0.25) is 5.91 Å². The summed E-state index contributed by atoms with van der Waals surface area (Å²) in [6.45, 7) is 4.19. The summed E-state index contributed by atoms with van der Waals surface area (Å²) in [4.78, 5) is 13.1. The van der Waals surface area contributed by atoms with E-state index in [9.17, 15) is 13.2 Å². The van der Waals surface area contributed by atoms with E-state index in [1.165, 1.54) is 25.8 Å². The fraction of sp³-hybridized carbons (Fsp3) is 0.889. The molecule has 15 heavy (non-hydrogen) atoms. The monoisotopic (exact) mass is 237 g/mol. The fourth-order valence-electron chi connectivity index (χ4n) is 0.906. The van der Waals surface area contributed by atoms with Crippen LogP contribution >= 0.6 is 0 Å². The van der Waals surface area contributed by atoms with Crippen LogP contribution in [-0.2, 0) is 14.6 Å². The van der Waals surface area contributed by atoms with Crippen molar-refractivity contribution < 1.29 is 18.3 Å². The molecule has 0 aromatic rings. The van der Waals surface area contributed by atoms with Crippen molar-refractivity contribution in [3.63, 3.8) is 0 Å². The summed E-state index contributed by atoms with van der Waals surface area (Å²) in [6, 6.07) is -0.390. The van der Waals surface area contributed by atoms with E-state index in [0.29, 0.717) is 0 Å². The highest BCUT2D eigenvalue weighted by Gasteiger charge is 2.41. The van der Waals surface area contributed by atoms with Crippen LogP contribution < -0.4 is 0 Å². The van der Waals surface area contributed by atoms with E-state index < -0.39 is 26.5 Å². The first kappa shape index (κ1) is 14.4. The van der Waals surface area contributed by atoms with Crippen LogP contribution in [0.5, 0.6) is 0 Å². The molecule has 1 atom stereocenters. The highest BCUT2D eigenvalue weighted by molar-refractivity contribution is 7.92. The summed E-state index contributed by atoms with van der Waals surface area (Å²) in [5, 5.41) is 8.88. The standard InChI is InChI=1S/C9H19NO4S/c1-7(6-11)10(4)8(12)9(2,3)15(5,13)14/h7,11H,6H2,1-5H3. The van der Waals surface area contributed by atoms with Crippen molar-refractivity contribution in [2.45, 2.75) is 31.6 Å². The van der Waals surface area contributed by atoms with E-state index in [0.717, 1.165) is 6.26 Å². The Bertz CT molecular complexity index is 334. The molecule has 0 fully saturated rings. The first-order valence-electron chi connectivity index (χ1n) is 4.63. The fourth-order valence-corrected chi connectivity index (χ4v) is 1.37. The molecule has 0 saturated carbocycles. The first-order valence-corrected chi connectivity index (χ1v) is 6.52. The number of hydrogen-bond acceptors (Lipinski definition) is 4. The van der Waals surface area contributed by atoms with Gasteiger partial charge in [-0.05, 0) is 20.8 Å². The highest BCUT2D eigenvalue weighted by Crippen LogP contribution is 2.18. The summed E-state index contributed by atoms with van der Waals surface area (Å²) >= 11 is 0. The maximum atomic E-state index is 11.8. The molecule has 5 nitrogen and oxygen atoms in total. The lowest BCUT2D eigenvalue weighted by atomic mass is 10.1. The van der Waals surface area contributed by atoms with Gasteiger partial charge < -0.3 is 10.0 Å². The minimum Gasteiger partial charge on any atom is -0.394 e. The van der Waals surface area contributed by atoms with Crippen molar-refractivity contribution in [2.75, 3.05) is 19.9 Å². The maximum Gasteiger partial charge on any atom is 0.243 e. The largest absolute Gasteiger partial charge is 0.394 e. The summed E-state index contributed by atoms with van der Waals surface area (Å²) < 4.78 is 21.3. The first-order chi connectivity index (χ1) is 6.55. The van der Waals surface area contributed by atoms with Crippen molar-refractivity contribution in [1.82, 2.24) is 4.90 Å². The Kier molecular flexibility index (Phi) is 4.30. The Morgan fingerprint density at radius 3 is 2.13 bits per heavy atom. The van der Waals surface area contributed by atoms with Gasteiger partial charge in [0.25, 0.3) is 0 Å². The van der Waals surface area contributed by atoms with Gasteiger partial charge in [-0.25, -0.2) is 8.42 Å². The molecular weight excluding hydrogens is 218 g/mol. The van der Waals surface area contributed by atoms with Crippen molar-refractivity contribution in [1.29, 1.82) is 0 Å². The number of carbonyl (C=O) groups excluding carboxylic acids is 1. The van der Waals surface area contributed by atoms with E-state index >= 15 is 0 Å². The van der Waals surface area contributed by atoms with Crippen LogP contribution in [0.25, 0.3) is 0 Å². The molecule has 6 heteroatoms. The molecule has 0 heterocycles. The van der Waals surface area contributed by atoms with E-state index in [4.69, 9.17) is 5.11 Å². The van der Waals surface area contributed by atoms with Crippen LogP contribution in [0.1, 0.15) is 20.8 Å². The topological polar surface area (TPSA) is 74.7 Å². The van der Waals surface area contributed by atoms with Gasteiger partial charge in [-0.15, -0.1) is 0 Å². The summed E-state index contributed by atoms with van der Waals surface area (Å²) in [6.07, 6.45) is 1.03. The molecule has 0 aliphatic rings. The molecule has 0 saturated heterocycles. The Balaban J connectivity index is 5.03. The van der Waals surface area contributed by atoms with E-state index in [2.05, 4.69) is 0 Å². The van der Waals surface area contributed by atoms with Gasteiger partial charge in [0, 0.05) is 13.3 Å². The second kappa shape index (κ2) is 4.49. The van der Waals surface area contributed by atoms with Crippen molar-refractivity contribution in [3.05, 3.63) is 0 Å². The summed E-state index contributed by atoms with van der Waals surface area (Å²) in [7, 11) is -1.98. The molecule has 0 aromatic heterocycles. The summed E-state index contributed by atoms with van der Waals surface area (Å²) in [5.74, 6) is -0.508. The quantitative estimate of drug-likeness (QED) is 0.725. The minimum atomic E-state index is -3.46. The average molecular weight is 237 g/mol. The van der Waals surface area contributed by atoms with Gasteiger partial charge in [-0.2, -0.15) is 0 Å². The van der Waals surface area contributed by atoms with Crippen LogP contribution in [0, 0.1) is 0 Å². The molecular formula is C9H19NO4S. The zero-order valence-corrected chi connectivity index (χ0v) is 10.6. The predicted octanol–water partition coefficient (Wildman–Crippen LogP) is -0.351. The van der Waals surface area contributed by atoms with Crippen LogP contribution in [0.4, 0.5) is 0 Å². The molecule has 1 N–H and O–H groups in total. The van der Waals surface area contributed by atoms with Gasteiger partial charge in [-0.3, -0.25) is 4.79 Å². The van der Waals surface area contributed by atoms with Crippen molar-refractivity contribution in [2.24, 2.45) is 0 Å². The number of likely N-dealkylation sites (N-methyl/N-ethyl adjacent to an activating group) is 1. The highest BCUT2D eigenvalue weighted by atomic mass is 32.2. The van der Waals surface area contributed by atoms with Gasteiger partial charge >= 0.3 is 0 Å². The second-order valence-corrected chi connectivity index (χ2v) is 6.80. The second-order valence-electron chi connectivity index (χ2n) is 4.23. The van der Waals surface area contributed by atoms with Gasteiger partial charge in [-0.1, -0.05) is 0 Å². The van der Waals surface area contributed by atoms with Gasteiger partial charge in [0.05, 0.1) is 12.6 Å². The third-order valence-corrected chi connectivity index (χ3v) is 4.72. The number of carbonyl (C=O) groups is 1. The number of aliphatic hydroxyl groups is 1. The molecule has 1 amide bonds. The lowest BCUT2D eigenvalue weighted by Gasteiger charge is -2.31. The summed E-state index contributed by atoms with van der Waals surface area (Å²) in [5.41, 5.74) is 0. The van der Waals surface area contributed by atoms with Crippen molar-refractivity contribution >= 4 is 15.7 Å². The Morgan fingerprint density at radius 1 is 1.47 bits per heavy atom. The van der Waals surface area contributed by atoms with Crippen LogP contribution in [0.15, 0.2) is 0 Å². The molecule has 0 bridgehead atoms. The maximum absolute atomic E-state index is 11.8. The number of sulfone groups is 1. The Labute approximate surface area is 91.0 Å². The van der Waals surface area contributed by atoms with Gasteiger partial charge in [0.15, 0.2) is 9.84 Å². The number of rotatable bonds is 4. The minimum absolute atomic E-state index is 0.192. The molecule has 0 aliphatic carbocycles. The zero-order chi connectivity index (χ0) is 12.4. The number of aliphatic hydroxyl groups excluding tert-OH is 1. The average Bonchev–Trinajstić information content (AvgIpc) is 2.12. The van der Waals surface area contributed by atoms with Crippen molar-refractivity contribution in [3.8, 4) is 0 Å². The normalized spacial score (nSPS) is 14.8. The third kappa shape index (κ3) is 2.92. The molecule has 0 spiro atoms. The number of amides is 1. The number of hydrogen-bond donors (Lipinski definition) is 1. The Hall–Kier alpha value is -0.620. The lowest BCUT2D eigenvalue weighted by Crippen LogP contribution is -2.51. The molecule has 0 radical (unpaired) electrons. The van der Waals surface area contributed by atoms with Crippen LogP contribution in [0.2, 0.25) is 0 Å². The Morgan fingerprint density at radius 2 is 1.87 bits per heavy atom. The molecule has 0 aromatic carbocycles. The van der Waals surface area contributed by atoms with Crippen LogP contribution in [-0.4, -0.2) is 55.0 Å². The third-order valence-electron chi connectivity index (χ3n) is 2.69. The molecule has 1 unspecified atom stereocenters. The SMILES string of the molecule is CC(CO)N(C)C(=O)C(C)(C)S(C)(=O)=O. The van der Waals surface area contributed by atoms with Gasteiger partial charge in [0.1, 0.15) is 4.75 Å². The van der Waals surface area contributed by atoms with E-state index in [1.807, 2.05) is 0 Å². The van der Waals surface area contributed by atoms with E-state index in [1.54, 1.807) is 6.92 Å². The number of nitrogens with zero attached hydrogens (tertiary/aromatic N) is 1. The lowest BCUT2D eigenvalue weighted by molar-refractivity contribution is -0.134. The smallest absolute Gasteiger partial charge is 0.243 e. The molecule has 0 rings (SSSR count). The molecule has 90 valence electrons. The zero-order valence-electron chi connectivity index (χ0n) is 9.81. The molecule has 0 aliphatic heterocycles. The van der Waals surface area contributed by atoms with E-state index in [-0.39, 0.29) is 6.61 Å². The van der Waals surface area contributed by atoms with Crippen LogP contribution in [0.3, 0.4) is 0 Å². The predicted molar refractivity (Wildman–Crippen MR) is 58.2 cm³/mol.